The minimum Gasteiger partial charge on any atom is -0.481 e. The van der Waals surface area contributed by atoms with Crippen molar-refractivity contribution in [3.8, 4) is 0 Å². The number of amides is 4. The lowest BCUT2D eigenvalue weighted by Crippen LogP contribution is -2.41. The normalized spacial score (nSPS) is 11.5. The lowest BCUT2D eigenvalue weighted by Gasteiger charge is -2.14. The Balaban J connectivity index is 3.65. The summed E-state index contributed by atoms with van der Waals surface area (Å²) in [4.78, 5) is 69.8. The van der Waals surface area contributed by atoms with Crippen LogP contribution in [0.5, 0.6) is 0 Å². The third-order valence-electron chi connectivity index (χ3n) is 8.26. The molecule has 0 aliphatic rings. The first kappa shape index (κ1) is 50.7. The smallest absolute Gasteiger partial charge is 0.326 e. The first-order valence-corrected chi connectivity index (χ1v) is 20.0. The molecule has 0 aliphatic carbocycles. The summed E-state index contributed by atoms with van der Waals surface area (Å²) >= 11 is 0. The summed E-state index contributed by atoms with van der Waals surface area (Å²) < 4.78 is 21.2. The first-order valence-electron chi connectivity index (χ1n) is 20.0. The molecule has 0 spiro atoms. The summed E-state index contributed by atoms with van der Waals surface area (Å²) in [7, 11) is 0. The Morgan fingerprint density at radius 1 is 0.463 bits per heavy atom. The summed E-state index contributed by atoms with van der Waals surface area (Å²) in [6.45, 7) is 4.45. The van der Waals surface area contributed by atoms with Crippen LogP contribution in [0, 0.1) is 0 Å². The summed E-state index contributed by atoms with van der Waals surface area (Å²) in [6, 6.07) is -1.13. The summed E-state index contributed by atoms with van der Waals surface area (Å²) in [5.74, 6) is -3.02. The Bertz CT molecular complexity index is 1000. The second-order valence-electron chi connectivity index (χ2n) is 13.2. The van der Waals surface area contributed by atoms with Crippen molar-refractivity contribution < 1.29 is 57.9 Å². The van der Waals surface area contributed by atoms with Crippen molar-refractivity contribution in [2.75, 3.05) is 72.5 Å². The highest BCUT2D eigenvalue weighted by molar-refractivity contribution is 5.84. The van der Waals surface area contributed by atoms with Gasteiger partial charge >= 0.3 is 11.9 Å². The molecule has 314 valence electrons. The first-order chi connectivity index (χ1) is 26.1. The molecule has 0 unspecified atom stereocenters. The van der Waals surface area contributed by atoms with Crippen LogP contribution in [0.1, 0.15) is 129 Å². The van der Waals surface area contributed by atoms with Gasteiger partial charge in [-0.1, -0.05) is 84.0 Å². The zero-order valence-corrected chi connectivity index (χ0v) is 32.8. The molecule has 0 radical (unpaired) electrons. The molecule has 0 bridgehead atoms. The number of carboxylic acid groups (broad SMARTS) is 2. The second-order valence-corrected chi connectivity index (χ2v) is 13.2. The monoisotopic (exact) mass is 774 g/mol. The van der Waals surface area contributed by atoms with Crippen molar-refractivity contribution in [2.24, 2.45) is 0 Å². The summed E-state index contributed by atoms with van der Waals surface area (Å²) in [6.07, 6.45) is 16.4. The molecule has 0 aromatic heterocycles. The van der Waals surface area contributed by atoms with Gasteiger partial charge in [-0.2, -0.15) is 0 Å². The fraction of sp³-hybridized carbons (Fsp3) is 0.842. The van der Waals surface area contributed by atoms with Gasteiger partial charge < -0.3 is 50.4 Å². The second kappa shape index (κ2) is 38.0. The molecule has 0 fully saturated rings. The maximum absolute atomic E-state index is 12.3. The number of carbonyl (C=O) groups excluding carboxylic acids is 4. The van der Waals surface area contributed by atoms with E-state index in [2.05, 4.69) is 21.3 Å². The molecule has 0 saturated heterocycles. The number of carbonyl (C=O) groups is 6. The molecule has 6 N–H and O–H groups in total. The average Bonchev–Trinajstić information content (AvgIpc) is 3.14. The van der Waals surface area contributed by atoms with E-state index in [4.69, 9.17) is 24.1 Å². The van der Waals surface area contributed by atoms with E-state index in [0.29, 0.717) is 32.7 Å². The van der Waals surface area contributed by atoms with Gasteiger partial charge in [-0.3, -0.25) is 24.0 Å². The van der Waals surface area contributed by atoms with Gasteiger partial charge in [-0.25, -0.2) is 4.79 Å². The van der Waals surface area contributed by atoms with E-state index in [0.717, 1.165) is 44.9 Å². The molecule has 0 saturated carbocycles. The van der Waals surface area contributed by atoms with Gasteiger partial charge in [0.15, 0.2) is 0 Å². The van der Waals surface area contributed by atoms with Gasteiger partial charge in [0, 0.05) is 38.9 Å². The molecule has 16 nitrogen and oxygen atoms in total. The minimum atomic E-state index is -1.18. The molecule has 0 aromatic carbocycles. The van der Waals surface area contributed by atoms with Crippen molar-refractivity contribution in [1.82, 2.24) is 21.3 Å². The van der Waals surface area contributed by atoms with Crippen molar-refractivity contribution in [1.29, 1.82) is 0 Å². The molecule has 0 rings (SSSR count). The molecule has 0 aliphatic heterocycles. The van der Waals surface area contributed by atoms with Crippen LogP contribution in [0.15, 0.2) is 0 Å². The Kier molecular flexibility index (Phi) is 35.6. The standard InChI is InChI=1S/C38H70N4O12/c1-2-21-39-35(45)30-53-28-27-52-25-23-41-36(46)31-54-29-26-51-24-22-40-33(43)20-19-32(38(49)50)42-34(44)17-15-13-11-9-7-5-3-4-6-8-10-12-14-16-18-37(47)48/h32H,2-31H2,1H3,(H,39,45)(H,40,43)(H,41,46)(H,42,44)(H,47,48)(H,49,50)/t32-/m0/s1. The third kappa shape index (κ3) is 37.0. The molecule has 1 atom stereocenters. The van der Waals surface area contributed by atoms with Crippen LogP contribution in [0.2, 0.25) is 0 Å². The molecular weight excluding hydrogens is 704 g/mol. The molecular formula is C38H70N4O12. The average molecular weight is 775 g/mol. The van der Waals surface area contributed by atoms with Crippen LogP contribution in [0.4, 0.5) is 0 Å². The number of carboxylic acids is 2. The quantitative estimate of drug-likeness (QED) is 0.0492. The van der Waals surface area contributed by atoms with Crippen LogP contribution < -0.4 is 21.3 Å². The van der Waals surface area contributed by atoms with Crippen LogP contribution in [-0.4, -0.2) is 124 Å². The molecule has 16 heteroatoms. The Hall–Kier alpha value is -3.34. The SMILES string of the molecule is CCCNC(=O)COCCOCCNC(=O)COCCOCCNC(=O)CC[C@H](NC(=O)CCCCCCCCCCCCCCCCC(=O)O)C(=O)O. The van der Waals surface area contributed by atoms with Gasteiger partial charge in [0.05, 0.1) is 39.6 Å². The highest BCUT2D eigenvalue weighted by Gasteiger charge is 2.20. The van der Waals surface area contributed by atoms with Crippen molar-refractivity contribution in [3.05, 3.63) is 0 Å². The number of rotatable bonds is 40. The number of ether oxygens (including phenoxy) is 4. The van der Waals surface area contributed by atoms with Crippen LogP contribution >= 0.6 is 0 Å². The van der Waals surface area contributed by atoms with Crippen molar-refractivity contribution >= 4 is 35.6 Å². The van der Waals surface area contributed by atoms with Gasteiger partial charge in [0.1, 0.15) is 19.3 Å². The van der Waals surface area contributed by atoms with Gasteiger partial charge in [0.25, 0.3) is 0 Å². The van der Waals surface area contributed by atoms with Crippen molar-refractivity contribution in [3.63, 3.8) is 0 Å². The number of unbranched alkanes of at least 4 members (excludes halogenated alkanes) is 13. The van der Waals surface area contributed by atoms with Crippen molar-refractivity contribution in [2.45, 2.75) is 135 Å². The lowest BCUT2D eigenvalue weighted by atomic mass is 10.0. The molecule has 0 heterocycles. The topological polar surface area (TPSA) is 228 Å². The van der Waals surface area contributed by atoms with E-state index in [1.807, 2.05) is 6.92 Å². The zero-order chi connectivity index (χ0) is 39.9. The predicted molar refractivity (Wildman–Crippen MR) is 203 cm³/mol. The number of hydrogen-bond donors (Lipinski definition) is 6. The maximum atomic E-state index is 12.3. The number of aliphatic carboxylic acids is 2. The van der Waals surface area contributed by atoms with E-state index in [-0.39, 0.29) is 95.5 Å². The minimum absolute atomic E-state index is 0.0133. The third-order valence-corrected chi connectivity index (χ3v) is 8.26. The highest BCUT2D eigenvalue weighted by Crippen LogP contribution is 2.14. The van der Waals surface area contributed by atoms with E-state index in [9.17, 15) is 33.9 Å². The predicted octanol–water partition coefficient (Wildman–Crippen LogP) is 3.49. The van der Waals surface area contributed by atoms with Crippen LogP contribution in [0.3, 0.4) is 0 Å². The number of hydrogen-bond acceptors (Lipinski definition) is 10. The molecule has 0 aromatic rings. The Morgan fingerprint density at radius 2 is 0.870 bits per heavy atom. The fourth-order valence-electron chi connectivity index (χ4n) is 5.23. The summed E-state index contributed by atoms with van der Waals surface area (Å²) in [5.41, 5.74) is 0. The van der Waals surface area contributed by atoms with Gasteiger partial charge in [-0.15, -0.1) is 0 Å². The zero-order valence-electron chi connectivity index (χ0n) is 32.8. The molecule has 54 heavy (non-hydrogen) atoms. The Labute approximate surface area is 321 Å². The van der Waals surface area contributed by atoms with Gasteiger partial charge in [0.2, 0.25) is 23.6 Å². The largest absolute Gasteiger partial charge is 0.481 e. The maximum Gasteiger partial charge on any atom is 0.326 e. The van der Waals surface area contributed by atoms with E-state index in [1.165, 1.54) is 44.9 Å². The van der Waals surface area contributed by atoms with Crippen LogP contribution in [-0.2, 0) is 47.7 Å². The van der Waals surface area contributed by atoms with E-state index in [1.54, 1.807) is 0 Å². The van der Waals surface area contributed by atoms with Gasteiger partial charge in [-0.05, 0) is 25.7 Å². The fourth-order valence-corrected chi connectivity index (χ4v) is 5.23. The summed E-state index contributed by atoms with van der Waals surface area (Å²) in [5, 5.41) is 28.7. The highest BCUT2D eigenvalue weighted by atomic mass is 16.5. The number of nitrogens with one attached hydrogen (secondary N) is 4. The van der Waals surface area contributed by atoms with E-state index >= 15 is 0 Å². The van der Waals surface area contributed by atoms with Crippen LogP contribution in [0.25, 0.3) is 0 Å². The lowest BCUT2D eigenvalue weighted by molar-refractivity contribution is -0.142. The Morgan fingerprint density at radius 3 is 1.31 bits per heavy atom. The molecule has 4 amide bonds. The van der Waals surface area contributed by atoms with E-state index < -0.39 is 18.0 Å².